The number of nitrogens with one attached hydrogen (secondary N) is 5. The summed E-state index contributed by atoms with van der Waals surface area (Å²) in [4.78, 5) is 72.9. The first kappa shape index (κ1) is 68.0. The molecule has 5 N–H and O–H groups in total. The second-order valence-corrected chi connectivity index (χ2v) is 22.8. The Hall–Kier alpha value is -9.07. The molecule has 0 spiro atoms. The van der Waals surface area contributed by atoms with Crippen molar-refractivity contribution in [1.82, 2.24) is 24.9 Å². The fourth-order valence-electron chi connectivity index (χ4n) is 9.66. The van der Waals surface area contributed by atoms with E-state index in [1.165, 1.54) is 29.8 Å². The number of aromatic nitrogens is 5. The summed E-state index contributed by atoms with van der Waals surface area (Å²) in [6.45, 7) is 23.4. The lowest BCUT2D eigenvalue weighted by Crippen LogP contribution is -2.14. The number of H-pyrrole nitrogens is 5. The zero-order valence-electron chi connectivity index (χ0n) is 52.1. The lowest BCUT2D eigenvalue weighted by molar-refractivity contribution is -0.139. The van der Waals surface area contributed by atoms with E-state index < -0.39 is 23.5 Å². The summed E-state index contributed by atoms with van der Waals surface area (Å²) in [5.74, 6) is 2.33. The van der Waals surface area contributed by atoms with Crippen LogP contribution in [-0.4, -0.2) is 53.4 Å². The Bertz CT molecular complexity index is 4460. The van der Waals surface area contributed by atoms with E-state index in [1.807, 2.05) is 125 Å². The predicted octanol–water partition coefficient (Wildman–Crippen LogP) is 15.9. The Morgan fingerprint density at radius 2 is 0.636 bits per heavy atom. The van der Waals surface area contributed by atoms with Crippen LogP contribution >= 0.6 is 0 Å². The van der Waals surface area contributed by atoms with E-state index in [0.29, 0.717) is 44.4 Å². The average molecular weight is 1220 g/mol. The van der Waals surface area contributed by atoms with Crippen LogP contribution in [0.25, 0.3) is 54.5 Å². The van der Waals surface area contributed by atoms with Crippen LogP contribution in [0.2, 0.25) is 0 Å². The normalized spacial score (nSPS) is 11.6. The van der Waals surface area contributed by atoms with Gasteiger partial charge in [-0.2, -0.15) is 26.3 Å². The number of halogens is 6. The maximum Gasteiger partial charge on any atom is 0.419 e. The summed E-state index contributed by atoms with van der Waals surface area (Å²) in [6.07, 6.45) is -8.88. The van der Waals surface area contributed by atoms with Gasteiger partial charge in [0.05, 0.1) is 56.1 Å². The molecule has 10 rings (SSSR count). The third-order valence-electron chi connectivity index (χ3n) is 14.6. The predicted molar refractivity (Wildman–Crippen MR) is 339 cm³/mol. The van der Waals surface area contributed by atoms with Gasteiger partial charge >= 0.3 is 12.4 Å². The summed E-state index contributed by atoms with van der Waals surface area (Å²) in [7, 11) is 5.97. The summed E-state index contributed by atoms with van der Waals surface area (Å²) < 4.78 is 97.1. The van der Waals surface area contributed by atoms with Crippen LogP contribution in [0.5, 0.6) is 23.0 Å². The molecule has 10 aromatic rings. The number of hydrogen-bond donors (Lipinski definition) is 5. The van der Waals surface area contributed by atoms with Crippen molar-refractivity contribution in [2.45, 2.75) is 125 Å². The minimum atomic E-state index is -4.51. The first-order chi connectivity index (χ1) is 41.2. The van der Waals surface area contributed by atoms with Crippen LogP contribution in [0.4, 0.5) is 26.3 Å². The van der Waals surface area contributed by atoms with Crippen molar-refractivity contribution in [2.75, 3.05) is 28.4 Å². The number of fused-ring (bicyclic) bond motifs is 5. The highest BCUT2D eigenvalue weighted by Gasteiger charge is 2.35. The van der Waals surface area contributed by atoms with Gasteiger partial charge in [0.25, 0.3) is 27.8 Å². The maximum absolute atomic E-state index is 12.9. The molecule has 0 atom stereocenters. The van der Waals surface area contributed by atoms with Gasteiger partial charge in [-0.1, -0.05) is 80.9 Å². The van der Waals surface area contributed by atoms with Crippen molar-refractivity contribution in [3.05, 3.63) is 205 Å². The molecule has 0 aliphatic carbocycles. The minimum Gasteiger partial charge on any atom is -0.496 e. The van der Waals surface area contributed by atoms with Crippen molar-refractivity contribution in [1.29, 1.82) is 0 Å². The van der Waals surface area contributed by atoms with E-state index in [4.69, 9.17) is 18.9 Å². The molecule has 0 saturated heterocycles. The Morgan fingerprint density at radius 1 is 0.330 bits per heavy atom. The topological polar surface area (TPSA) is 201 Å². The zero-order valence-corrected chi connectivity index (χ0v) is 52.1. The van der Waals surface area contributed by atoms with Crippen molar-refractivity contribution >= 4 is 54.5 Å². The molecule has 5 aromatic carbocycles. The maximum atomic E-state index is 12.9. The van der Waals surface area contributed by atoms with Gasteiger partial charge < -0.3 is 43.9 Å². The summed E-state index contributed by atoms with van der Waals surface area (Å²) >= 11 is 0. The monoisotopic (exact) mass is 1220 g/mol. The van der Waals surface area contributed by atoms with Gasteiger partial charge in [-0.25, -0.2) is 0 Å². The molecule has 88 heavy (non-hydrogen) atoms. The molecule has 0 unspecified atom stereocenters. The fourth-order valence-corrected chi connectivity index (χ4v) is 9.66. The molecular weight excluding hydrogens is 1140 g/mol. The first-order valence-electron chi connectivity index (χ1n) is 28.4. The second-order valence-electron chi connectivity index (χ2n) is 22.8. The third kappa shape index (κ3) is 16.3. The number of ether oxygens (including phenoxy) is 4. The Labute approximate surface area is 504 Å². The molecule has 0 saturated carbocycles. The largest absolute Gasteiger partial charge is 0.496 e. The molecule has 5 heterocycles. The van der Waals surface area contributed by atoms with Gasteiger partial charge in [0, 0.05) is 62.4 Å². The lowest BCUT2D eigenvalue weighted by Gasteiger charge is -2.14. The van der Waals surface area contributed by atoms with Gasteiger partial charge in [0.1, 0.15) is 11.5 Å². The van der Waals surface area contributed by atoms with E-state index in [-0.39, 0.29) is 63.1 Å². The van der Waals surface area contributed by atoms with Crippen LogP contribution in [0.15, 0.2) is 127 Å². The van der Waals surface area contributed by atoms with Gasteiger partial charge in [0.15, 0.2) is 11.5 Å². The molecule has 0 bridgehead atoms. The highest BCUT2D eigenvalue weighted by Crippen LogP contribution is 2.39. The molecule has 0 radical (unpaired) electrons. The van der Waals surface area contributed by atoms with Crippen molar-refractivity contribution in [3.63, 3.8) is 0 Å². The number of aryl methyl sites for hydroxylation is 2. The standard InChI is InChI=1S/C14H14F3NO2.C14H17NO3.C14H17NO2.C13H12F3NO.C13H15NO/c1-7(2)9-4-8-5-10(14(15,16)17)12(20-3)6-11(8)18-13(9)19;1-8(2)10-5-9-6-12(17-3)13(18-4)7-11(9)15-14(10)16;1-8(2)11-6-10-5-9(3)13(17-4)7-12(10)15-14(11)16;1-7(2)10-6-8-5-9(13(14,15)16)3-4-11(8)17-12(10)18;1-8(2)11-7-10-6-9(3)4-5-12(10)14-13(11)15/h4-7H,1-3H3,(H,18,19);5-8H,1-4H3,(H,15,16);5-8H,1-4H3,(H,15,16);3-7H,1-2H3,(H,17,18);4-8H,1-3H3,(H,14,15). The SMILES string of the molecule is CC(C)c1cc2cc(C(F)(F)F)ccc2[nH]c1=O.COc1cc2[nH]c(=O)c(C(C)C)cc2cc1C.COc1cc2[nH]c(=O)c(C(C)C)cc2cc1C(F)(F)F.COc1cc2cc(C(C)C)c(=O)[nH]c2cc1OC.Cc1ccc2[nH]c(=O)c(C(C)C)cc2c1. The molecule has 0 fully saturated rings. The van der Waals surface area contributed by atoms with Crippen molar-refractivity contribution < 1.29 is 45.3 Å². The molecular formula is C68H75F6N5O9. The highest BCUT2D eigenvalue weighted by molar-refractivity contribution is 5.85. The number of alkyl halides is 6. The molecule has 14 nitrogen and oxygen atoms in total. The number of rotatable bonds is 9. The summed E-state index contributed by atoms with van der Waals surface area (Å²) in [5.41, 5.74) is 6.75. The smallest absolute Gasteiger partial charge is 0.419 e. The molecule has 0 aliphatic heterocycles. The molecule has 0 aliphatic rings. The van der Waals surface area contributed by atoms with E-state index in [0.717, 1.165) is 86.0 Å². The quantitative estimate of drug-likeness (QED) is 0.0872. The van der Waals surface area contributed by atoms with Gasteiger partial charge in [-0.3, -0.25) is 24.0 Å². The van der Waals surface area contributed by atoms with E-state index >= 15 is 0 Å². The fraction of sp³-hybridized carbons (Fsp3) is 0.338. The average Bonchev–Trinajstić information content (AvgIpc) is 3.30. The van der Waals surface area contributed by atoms with Gasteiger partial charge in [0.2, 0.25) is 0 Å². The van der Waals surface area contributed by atoms with Crippen LogP contribution in [0.3, 0.4) is 0 Å². The van der Waals surface area contributed by atoms with Crippen molar-refractivity contribution in [2.24, 2.45) is 0 Å². The molecule has 468 valence electrons. The van der Waals surface area contributed by atoms with E-state index in [1.54, 1.807) is 27.4 Å². The van der Waals surface area contributed by atoms with E-state index in [9.17, 15) is 50.3 Å². The number of aromatic amines is 5. The lowest BCUT2D eigenvalue weighted by atomic mass is 10.0. The second kappa shape index (κ2) is 28.2. The Morgan fingerprint density at radius 3 is 1.00 bits per heavy atom. The Balaban J connectivity index is 0.000000176. The highest BCUT2D eigenvalue weighted by atomic mass is 19.4. The van der Waals surface area contributed by atoms with Crippen LogP contribution < -0.4 is 46.7 Å². The Kier molecular flexibility index (Phi) is 21.8. The van der Waals surface area contributed by atoms with Crippen molar-refractivity contribution in [3.8, 4) is 23.0 Å². The van der Waals surface area contributed by atoms with Crippen LogP contribution in [-0.2, 0) is 12.4 Å². The van der Waals surface area contributed by atoms with Gasteiger partial charge in [-0.15, -0.1) is 0 Å². The first-order valence-corrected chi connectivity index (χ1v) is 28.4. The minimum absolute atomic E-state index is 0.0154. The summed E-state index contributed by atoms with van der Waals surface area (Å²) in [5, 5.41) is 3.83. The number of methoxy groups -OCH3 is 4. The number of benzene rings is 5. The van der Waals surface area contributed by atoms with Crippen LogP contribution in [0.1, 0.15) is 149 Å². The summed E-state index contributed by atoms with van der Waals surface area (Å²) in [6, 6.07) is 28.0. The molecule has 0 amide bonds. The van der Waals surface area contributed by atoms with E-state index in [2.05, 4.69) is 37.9 Å². The number of pyridine rings is 5. The van der Waals surface area contributed by atoms with Crippen LogP contribution in [0, 0.1) is 13.8 Å². The van der Waals surface area contributed by atoms with Gasteiger partial charge in [-0.05, 0) is 149 Å². The zero-order chi connectivity index (χ0) is 65.4. The number of hydrogen-bond acceptors (Lipinski definition) is 9. The molecule has 20 heteroatoms. The third-order valence-corrected chi connectivity index (χ3v) is 14.6. The molecule has 5 aromatic heterocycles.